The van der Waals surface area contributed by atoms with E-state index in [-0.39, 0.29) is 24.2 Å². The van der Waals surface area contributed by atoms with Crippen LogP contribution in [0.2, 0.25) is 0 Å². The lowest BCUT2D eigenvalue weighted by atomic mass is 9.92. The summed E-state index contributed by atoms with van der Waals surface area (Å²) in [7, 11) is 0. The molecule has 3 amide bonds. The minimum atomic E-state index is -0.678. The molecule has 1 aromatic rings. The molecule has 0 bridgehead atoms. The maximum absolute atomic E-state index is 12.6. The molecule has 0 saturated heterocycles. The van der Waals surface area contributed by atoms with Crippen LogP contribution in [0.5, 0.6) is 0 Å². The van der Waals surface area contributed by atoms with Gasteiger partial charge in [0.2, 0.25) is 17.7 Å². The van der Waals surface area contributed by atoms with E-state index in [1.165, 1.54) is 0 Å². The van der Waals surface area contributed by atoms with Crippen LogP contribution in [-0.4, -0.2) is 29.0 Å². The summed E-state index contributed by atoms with van der Waals surface area (Å²) in [6, 6.07) is 7.03. The Labute approximate surface area is 147 Å². The first-order valence-electron chi connectivity index (χ1n) is 8.48. The second-order valence-electron chi connectivity index (χ2n) is 6.82. The van der Waals surface area contributed by atoms with E-state index in [1.807, 2.05) is 38.1 Å². The topological polar surface area (TPSA) is 108 Å². The Morgan fingerprint density at radius 3 is 2.60 bits per heavy atom. The molecular formula is C18H25N3O4. The molecule has 0 fully saturated rings. The third-order valence-corrected chi connectivity index (χ3v) is 4.31. The maximum atomic E-state index is 12.6. The van der Waals surface area contributed by atoms with Gasteiger partial charge in [-0.15, -0.1) is 0 Å². The molecule has 2 rings (SSSR count). The van der Waals surface area contributed by atoms with E-state index in [0.29, 0.717) is 19.4 Å². The quantitative estimate of drug-likeness (QED) is 0.453. The van der Waals surface area contributed by atoms with Crippen LogP contribution >= 0.6 is 0 Å². The van der Waals surface area contributed by atoms with Crippen molar-refractivity contribution in [1.82, 2.24) is 16.1 Å². The maximum Gasteiger partial charge on any atom is 0.244 e. The van der Waals surface area contributed by atoms with Crippen LogP contribution in [0.4, 0.5) is 0 Å². The van der Waals surface area contributed by atoms with Crippen LogP contribution in [0.25, 0.3) is 0 Å². The summed E-state index contributed by atoms with van der Waals surface area (Å²) in [6.07, 6.45) is 0.782. The van der Waals surface area contributed by atoms with Crippen LogP contribution in [0.1, 0.15) is 37.8 Å². The number of amides is 3. The second kappa shape index (κ2) is 8.62. The van der Waals surface area contributed by atoms with Crippen molar-refractivity contribution < 1.29 is 19.6 Å². The summed E-state index contributed by atoms with van der Waals surface area (Å²) in [5.41, 5.74) is 3.61. The first kappa shape index (κ1) is 18.9. The fraction of sp³-hybridized carbons (Fsp3) is 0.500. The van der Waals surface area contributed by atoms with E-state index in [9.17, 15) is 14.4 Å². The molecular weight excluding hydrogens is 322 g/mol. The minimum absolute atomic E-state index is 0.120. The molecule has 136 valence electrons. The van der Waals surface area contributed by atoms with Crippen LogP contribution in [0.3, 0.4) is 0 Å². The number of carbonyl (C=O) groups excluding carboxylic acids is 3. The smallest absolute Gasteiger partial charge is 0.244 e. The van der Waals surface area contributed by atoms with Gasteiger partial charge in [0.1, 0.15) is 6.04 Å². The summed E-state index contributed by atoms with van der Waals surface area (Å²) in [4.78, 5) is 36.4. The Morgan fingerprint density at radius 2 is 1.96 bits per heavy atom. The molecule has 7 nitrogen and oxygen atoms in total. The van der Waals surface area contributed by atoms with Crippen molar-refractivity contribution in [2.75, 3.05) is 0 Å². The molecule has 0 unspecified atom stereocenters. The molecule has 1 aromatic carbocycles. The van der Waals surface area contributed by atoms with Gasteiger partial charge in [0.05, 0.1) is 0 Å². The van der Waals surface area contributed by atoms with Crippen molar-refractivity contribution in [2.45, 2.75) is 45.7 Å². The van der Waals surface area contributed by atoms with Gasteiger partial charge in [-0.05, 0) is 23.5 Å². The van der Waals surface area contributed by atoms with Crippen LogP contribution < -0.4 is 16.1 Å². The molecule has 25 heavy (non-hydrogen) atoms. The Kier molecular flexibility index (Phi) is 6.52. The zero-order valence-corrected chi connectivity index (χ0v) is 14.5. The summed E-state index contributed by atoms with van der Waals surface area (Å²) < 4.78 is 0. The number of hydrogen-bond acceptors (Lipinski definition) is 4. The van der Waals surface area contributed by atoms with Crippen molar-refractivity contribution in [1.29, 1.82) is 0 Å². The average Bonchev–Trinajstić information content (AvgIpc) is 2.73. The van der Waals surface area contributed by atoms with Gasteiger partial charge in [-0.25, -0.2) is 5.48 Å². The van der Waals surface area contributed by atoms with E-state index >= 15 is 0 Å². The van der Waals surface area contributed by atoms with Gasteiger partial charge in [0.25, 0.3) is 0 Å². The Balaban J connectivity index is 2.10. The number of hydroxylamine groups is 1. The summed E-state index contributed by atoms with van der Waals surface area (Å²) >= 11 is 0. The van der Waals surface area contributed by atoms with Gasteiger partial charge >= 0.3 is 0 Å². The standard InChI is InChI=1S/C18H25N3O4/c1-11(2)7-14(9-16(22)21-25)17(23)20-15-8-12-5-3-4-6-13(12)10-19-18(15)24/h3-6,11,14-15,25H,7-10H2,1-2H3,(H,19,24)(H,20,23)(H,21,22)/t14-,15-/m0/s1. The van der Waals surface area contributed by atoms with Crippen molar-refractivity contribution >= 4 is 17.7 Å². The molecule has 0 saturated carbocycles. The molecule has 0 aromatic heterocycles. The zero-order chi connectivity index (χ0) is 18.4. The lowest BCUT2D eigenvalue weighted by molar-refractivity contribution is -0.136. The molecule has 0 aliphatic carbocycles. The van der Waals surface area contributed by atoms with Crippen molar-refractivity contribution in [2.24, 2.45) is 11.8 Å². The normalized spacial score (nSPS) is 17.9. The highest BCUT2D eigenvalue weighted by Gasteiger charge is 2.29. The van der Waals surface area contributed by atoms with Gasteiger partial charge in [-0.3, -0.25) is 19.6 Å². The number of hydrogen-bond donors (Lipinski definition) is 4. The minimum Gasteiger partial charge on any atom is -0.350 e. The van der Waals surface area contributed by atoms with Gasteiger partial charge in [0.15, 0.2) is 0 Å². The molecule has 1 aliphatic rings. The van der Waals surface area contributed by atoms with E-state index in [2.05, 4.69) is 10.6 Å². The molecule has 7 heteroatoms. The van der Waals surface area contributed by atoms with Crippen LogP contribution in [0, 0.1) is 11.8 Å². The highest BCUT2D eigenvalue weighted by molar-refractivity contribution is 5.91. The molecule has 0 radical (unpaired) electrons. The number of benzene rings is 1. The molecule has 1 heterocycles. The predicted octanol–water partition coefficient (Wildman–Crippen LogP) is 0.902. The van der Waals surface area contributed by atoms with Gasteiger partial charge in [-0.2, -0.15) is 0 Å². The Morgan fingerprint density at radius 1 is 1.28 bits per heavy atom. The number of nitrogens with one attached hydrogen (secondary N) is 3. The highest BCUT2D eigenvalue weighted by atomic mass is 16.5. The van der Waals surface area contributed by atoms with E-state index < -0.39 is 17.9 Å². The third-order valence-electron chi connectivity index (χ3n) is 4.31. The van der Waals surface area contributed by atoms with Crippen molar-refractivity contribution in [3.8, 4) is 0 Å². The van der Waals surface area contributed by atoms with E-state index in [1.54, 1.807) is 5.48 Å². The van der Waals surface area contributed by atoms with Gasteiger partial charge in [-0.1, -0.05) is 38.1 Å². The summed E-state index contributed by atoms with van der Waals surface area (Å²) in [5.74, 6) is -1.60. The average molecular weight is 347 g/mol. The third kappa shape index (κ3) is 5.29. The summed E-state index contributed by atoms with van der Waals surface area (Å²) in [6.45, 7) is 4.33. The summed E-state index contributed by atoms with van der Waals surface area (Å²) in [5, 5.41) is 14.3. The van der Waals surface area contributed by atoms with E-state index in [0.717, 1.165) is 11.1 Å². The van der Waals surface area contributed by atoms with E-state index in [4.69, 9.17) is 5.21 Å². The molecule has 0 spiro atoms. The van der Waals surface area contributed by atoms with Crippen molar-refractivity contribution in [3.63, 3.8) is 0 Å². The first-order chi connectivity index (χ1) is 11.9. The zero-order valence-electron chi connectivity index (χ0n) is 14.5. The fourth-order valence-electron chi connectivity index (χ4n) is 3.07. The molecule has 4 N–H and O–H groups in total. The Bertz CT molecular complexity index is 645. The van der Waals surface area contributed by atoms with Crippen LogP contribution in [-0.2, 0) is 27.3 Å². The van der Waals surface area contributed by atoms with Gasteiger partial charge in [0, 0.05) is 25.3 Å². The lowest BCUT2D eigenvalue weighted by Gasteiger charge is -2.22. The fourth-order valence-corrected chi connectivity index (χ4v) is 3.07. The monoisotopic (exact) mass is 347 g/mol. The molecule has 2 atom stereocenters. The number of rotatable bonds is 6. The van der Waals surface area contributed by atoms with Crippen LogP contribution in [0.15, 0.2) is 24.3 Å². The predicted molar refractivity (Wildman–Crippen MR) is 91.4 cm³/mol. The van der Waals surface area contributed by atoms with Crippen molar-refractivity contribution in [3.05, 3.63) is 35.4 Å². The lowest BCUT2D eigenvalue weighted by Crippen LogP contribution is -2.49. The molecule has 1 aliphatic heterocycles. The highest BCUT2D eigenvalue weighted by Crippen LogP contribution is 2.18. The first-order valence-corrected chi connectivity index (χ1v) is 8.48. The number of fused-ring (bicyclic) bond motifs is 1. The SMILES string of the molecule is CC(C)C[C@@H](CC(=O)NO)C(=O)N[C@H]1Cc2ccccc2CNC1=O. The number of carbonyl (C=O) groups is 3. The Hall–Kier alpha value is -2.41. The van der Waals surface area contributed by atoms with Gasteiger partial charge < -0.3 is 10.6 Å². The second-order valence-corrected chi connectivity index (χ2v) is 6.82. The largest absolute Gasteiger partial charge is 0.350 e.